The quantitative estimate of drug-likeness (QED) is 0.356. The predicted molar refractivity (Wildman–Crippen MR) is 128 cm³/mol. The SMILES string of the molecule is CCCCCCCN1CCC(c2ccc(F)cc2)C(COc2ccc(OC)cc2)C1.Cl. The average Bonchev–Trinajstić information content (AvgIpc) is 2.78. The maximum absolute atomic E-state index is 13.4. The van der Waals surface area contributed by atoms with E-state index in [0.29, 0.717) is 18.4 Å². The predicted octanol–water partition coefficient (Wildman–Crippen LogP) is 6.71. The van der Waals surface area contributed by atoms with Gasteiger partial charge in [0.2, 0.25) is 0 Å². The maximum Gasteiger partial charge on any atom is 0.123 e. The average molecular weight is 450 g/mol. The minimum atomic E-state index is -0.172. The first-order valence-corrected chi connectivity index (χ1v) is 11.4. The van der Waals surface area contributed by atoms with E-state index in [1.165, 1.54) is 44.2 Å². The van der Waals surface area contributed by atoms with Gasteiger partial charge in [-0.2, -0.15) is 0 Å². The molecule has 2 unspecified atom stereocenters. The first-order valence-electron chi connectivity index (χ1n) is 11.4. The van der Waals surface area contributed by atoms with Crippen LogP contribution in [0.1, 0.15) is 56.9 Å². The molecule has 2 aromatic rings. The lowest BCUT2D eigenvalue weighted by Crippen LogP contribution is -2.42. The van der Waals surface area contributed by atoms with Crippen LogP contribution in [-0.4, -0.2) is 38.3 Å². The number of hydrogen-bond acceptors (Lipinski definition) is 3. The lowest BCUT2D eigenvalue weighted by atomic mass is 9.80. The first-order chi connectivity index (χ1) is 14.7. The van der Waals surface area contributed by atoms with Gasteiger partial charge in [0.15, 0.2) is 0 Å². The molecule has 0 radical (unpaired) electrons. The van der Waals surface area contributed by atoms with Crippen LogP contribution in [0.25, 0.3) is 0 Å². The van der Waals surface area contributed by atoms with E-state index >= 15 is 0 Å². The standard InChI is InChI=1S/C26H36FNO2.ClH/c1-3-4-5-6-7-17-28-18-16-26(21-8-10-23(27)11-9-21)22(19-28)20-30-25-14-12-24(29-2)13-15-25;/h8-15,22,26H,3-7,16-20H2,1-2H3;1H. The van der Waals surface area contributed by atoms with Gasteiger partial charge in [0.05, 0.1) is 13.7 Å². The number of ether oxygens (including phenoxy) is 2. The van der Waals surface area contributed by atoms with Crippen molar-refractivity contribution >= 4 is 12.4 Å². The van der Waals surface area contributed by atoms with Crippen molar-refractivity contribution < 1.29 is 13.9 Å². The summed E-state index contributed by atoms with van der Waals surface area (Å²) in [6, 6.07) is 14.8. The van der Waals surface area contributed by atoms with Crippen LogP contribution in [0.3, 0.4) is 0 Å². The second-order valence-electron chi connectivity index (χ2n) is 8.41. The molecule has 3 nitrogen and oxygen atoms in total. The van der Waals surface area contributed by atoms with Crippen LogP contribution < -0.4 is 9.47 Å². The zero-order valence-corrected chi connectivity index (χ0v) is 19.7. The molecule has 1 fully saturated rings. The van der Waals surface area contributed by atoms with E-state index in [0.717, 1.165) is 31.0 Å². The van der Waals surface area contributed by atoms with Crippen molar-refractivity contribution in [2.24, 2.45) is 5.92 Å². The van der Waals surface area contributed by atoms with Gasteiger partial charge in [-0.3, -0.25) is 0 Å². The van der Waals surface area contributed by atoms with Crippen LogP contribution >= 0.6 is 12.4 Å². The van der Waals surface area contributed by atoms with Crippen molar-refractivity contribution in [2.75, 3.05) is 33.4 Å². The van der Waals surface area contributed by atoms with Crippen LogP contribution in [-0.2, 0) is 0 Å². The Kier molecular flexibility index (Phi) is 11.2. The number of unbranched alkanes of at least 4 members (excludes halogenated alkanes) is 4. The minimum absolute atomic E-state index is 0. The maximum atomic E-state index is 13.4. The molecule has 5 heteroatoms. The van der Waals surface area contributed by atoms with Crippen molar-refractivity contribution in [2.45, 2.75) is 51.4 Å². The largest absolute Gasteiger partial charge is 0.497 e. The molecule has 0 N–H and O–H groups in total. The van der Waals surface area contributed by atoms with Crippen LogP contribution in [0.4, 0.5) is 4.39 Å². The highest BCUT2D eigenvalue weighted by atomic mass is 35.5. The summed E-state index contributed by atoms with van der Waals surface area (Å²) in [5, 5.41) is 0. The Balaban J connectivity index is 0.00000341. The Labute approximate surface area is 193 Å². The summed E-state index contributed by atoms with van der Waals surface area (Å²) >= 11 is 0. The van der Waals surface area contributed by atoms with Gasteiger partial charge in [-0.15, -0.1) is 12.4 Å². The molecule has 3 rings (SSSR count). The Morgan fingerprint density at radius 2 is 1.61 bits per heavy atom. The summed E-state index contributed by atoms with van der Waals surface area (Å²) in [7, 11) is 1.67. The third kappa shape index (κ3) is 8.01. The highest BCUT2D eigenvalue weighted by Crippen LogP contribution is 2.34. The lowest BCUT2D eigenvalue weighted by molar-refractivity contribution is 0.109. The topological polar surface area (TPSA) is 21.7 Å². The van der Waals surface area contributed by atoms with Crippen LogP contribution in [0.15, 0.2) is 48.5 Å². The Hall–Kier alpha value is -1.78. The molecule has 2 aromatic carbocycles. The number of nitrogens with zero attached hydrogens (tertiary/aromatic N) is 1. The molecule has 0 saturated carbocycles. The summed E-state index contributed by atoms with van der Waals surface area (Å²) in [4.78, 5) is 2.59. The number of rotatable bonds is 11. The molecule has 0 bridgehead atoms. The molecule has 0 amide bonds. The molecular formula is C26H37ClFNO2. The van der Waals surface area contributed by atoms with Crippen molar-refractivity contribution in [3.8, 4) is 11.5 Å². The third-order valence-corrected chi connectivity index (χ3v) is 6.22. The van der Waals surface area contributed by atoms with Crippen molar-refractivity contribution in [3.63, 3.8) is 0 Å². The van der Waals surface area contributed by atoms with Gasteiger partial charge in [0.25, 0.3) is 0 Å². The summed E-state index contributed by atoms with van der Waals surface area (Å²) in [5.74, 6) is 2.32. The van der Waals surface area contributed by atoms with E-state index in [9.17, 15) is 4.39 Å². The smallest absolute Gasteiger partial charge is 0.123 e. The monoisotopic (exact) mass is 449 g/mol. The van der Waals surface area contributed by atoms with Gasteiger partial charge in [-0.1, -0.05) is 44.7 Å². The van der Waals surface area contributed by atoms with Crippen LogP contribution in [0.5, 0.6) is 11.5 Å². The van der Waals surface area contributed by atoms with Gasteiger partial charge >= 0.3 is 0 Å². The fourth-order valence-electron chi connectivity index (χ4n) is 4.44. The van der Waals surface area contributed by atoms with E-state index in [1.54, 1.807) is 19.2 Å². The number of piperidine rings is 1. The van der Waals surface area contributed by atoms with Gasteiger partial charge in [0, 0.05) is 12.5 Å². The molecule has 172 valence electrons. The van der Waals surface area contributed by atoms with Crippen molar-refractivity contribution in [1.29, 1.82) is 0 Å². The highest BCUT2D eigenvalue weighted by Gasteiger charge is 2.30. The molecule has 1 heterocycles. The summed E-state index contributed by atoms with van der Waals surface area (Å²) in [5.41, 5.74) is 1.22. The zero-order chi connectivity index (χ0) is 21.2. The van der Waals surface area contributed by atoms with Gasteiger partial charge in [0.1, 0.15) is 17.3 Å². The normalized spacial score (nSPS) is 18.9. The number of halogens is 2. The summed E-state index contributed by atoms with van der Waals surface area (Å²) < 4.78 is 24.8. The zero-order valence-electron chi connectivity index (χ0n) is 18.9. The van der Waals surface area contributed by atoms with E-state index in [1.807, 2.05) is 36.4 Å². The summed E-state index contributed by atoms with van der Waals surface area (Å²) in [6.45, 7) is 6.23. The molecule has 0 spiro atoms. The van der Waals surface area contributed by atoms with Crippen molar-refractivity contribution in [1.82, 2.24) is 4.90 Å². The molecular weight excluding hydrogens is 413 g/mol. The molecule has 0 aliphatic carbocycles. The minimum Gasteiger partial charge on any atom is -0.497 e. The third-order valence-electron chi connectivity index (χ3n) is 6.22. The van der Waals surface area contributed by atoms with Gasteiger partial charge in [-0.05, 0) is 73.8 Å². The highest BCUT2D eigenvalue weighted by molar-refractivity contribution is 5.85. The van der Waals surface area contributed by atoms with E-state index in [-0.39, 0.29) is 18.2 Å². The lowest BCUT2D eigenvalue weighted by Gasteiger charge is -2.39. The van der Waals surface area contributed by atoms with Gasteiger partial charge < -0.3 is 14.4 Å². The molecule has 2 atom stereocenters. The second kappa shape index (κ2) is 13.6. The number of hydrogen-bond donors (Lipinski definition) is 0. The van der Waals surface area contributed by atoms with E-state index in [2.05, 4.69) is 11.8 Å². The second-order valence-corrected chi connectivity index (χ2v) is 8.41. The molecule has 1 saturated heterocycles. The van der Waals surface area contributed by atoms with E-state index in [4.69, 9.17) is 9.47 Å². The molecule has 1 aliphatic heterocycles. The fraction of sp³-hybridized carbons (Fsp3) is 0.538. The van der Waals surface area contributed by atoms with Crippen LogP contribution in [0, 0.1) is 11.7 Å². The number of benzene rings is 2. The molecule has 1 aliphatic rings. The van der Waals surface area contributed by atoms with Gasteiger partial charge in [-0.25, -0.2) is 4.39 Å². The Morgan fingerprint density at radius 3 is 2.29 bits per heavy atom. The van der Waals surface area contributed by atoms with E-state index < -0.39 is 0 Å². The van der Waals surface area contributed by atoms with Crippen molar-refractivity contribution in [3.05, 3.63) is 59.9 Å². The summed E-state index contributed by atoms with van der Waals surface area (Å²) in [6.07, 6.45) is 7.65. The Bertz CT molecular complexity index is 738. The van der Waals surface area contributed by atoms with Crippen LogP contribution in [0.2, 0.25) is 0 Å². The molecule has 31 heavy (non-hydrogen) atoms. The Morgan fingerprint density at radius 1 is 0.935 bits per heavy atom. The fourth-order valence-corrected chi connectivity index (χ4v) is 4.44. The molecule has 0 aromatic heterocycles. The first kappa shape index (κ1) is 25.5. The number of likely N-dealkylation sites (tertiary alicyclic amines) is 1. The number of methoxy groups -OCH3 is 1.